The molecule has 0 saturated heterocycles. The van der Waals surface area contributed by atoms with Gasteiger partial charge in [0.15, 0.2) is 14.1 Å². The molecule has 0 amide bonds. The van der Waals surface area contributed by atoms with Crippen molar-refractivity contribution in [1.29, 1.82) is 0 Å². The monoisotopic (exact) mass is 426 g/mol. The molecule has 166 valence electrons. The van der Waals surface area contributed by atoms with Crippen molar-refractivity contribution in [1.82, 2.24) is 0 Å². The van der Waals surface area contributed by atoms with Crippen molar-refractivity contribution in [3.63, 3.8) is 0 Å². The second-order valence-electron chi connectivity index (χ2n) is 9.04. The van der Waals surface area contributed by atoms with Gasteiger partial charge in [-0.25, -0.2) is 4.39 Å². The summed E-state index contributed by atoms with van der Waals surface area (Å²) >= 11 is 0. The number of carboxylic acid groups (broad SMARTS) is 1. The molecule has 4 nitrogen and oxygen atoms in total. The molecule has 0 heterocycles. The number of aliphatic carboxylic acids is 1. The molecule has 0 unspecified atom stereocenters. The molecule has 1 fully saturated rings. The van der Waals surface area contributed by atoms with E-state index < -0.39 is 20.5 Å². The summed E-state index contributed by atoms with van der Waals surface area (Å²) < 4.78 is 21.1. The molecule has 0 aliphatic heterocycles. The molecule has 1 N–H and O–H groups in total. The van der Waals surface area contributed by atoms with E-state index in [4.69, 9.17) is 9.53 Å². The first-order valence-electron chi connectivity index (χ1n) is 11.0. The van der Waals surface area contributed by atoms with Gasteiger partial charge in [-0.05, 0) is 51.4 Å². The fraction of sp³-hybridized carbons (Fsp3) is 0.739. The highest BCUT2D eigenvalue weighted by molar-refractivity contribution is 6.69. The Morgan fingerprint density at radius 2 is 1.86 bits per heavy atom. The number of unbranched alkanes of at least 4 members (excludes halogenated alkanes) is 3. The highest BCUT2D eigenvalue weighted by atomic mass is 28.4. The van der Waals surface area contributed by atoms with Crippen LogP contribution in [0.2, 0.25) is 19.6 Å². The van der Waals surface area contributed by atoms with Gasteiger partial charge in [-0.1, -0.05) is 38.0 Å². The van der Waals surface area contributed by atoms with Crippen LogP contribution in [-0.4, -0.2) is 37.5 Å². The predicted octanol–water partition coefficient (Wildman–Crippen LogP) is 6.09. The second-order valence-corrected chi connectivity index (χ2v) is 13.5. The zero-order chi connectivity index (χ0) is 21.9. The van der Waals surface area contributed by atoms with E-state index in [9.17, 15) is 14.0 Å². The summed E-state index contributed by atoms with van der Waals surface area (Å²) in [5.74, 6) is -0.990. The van der Waals surface area contributed by atoms with Crippen LogP contribution < -0.4 is 0 Å². The topological polar surface area (TPSA) is 63.6 Å². The Labute approximate surface area is 176 Å². The standard InChI is InChI=1S/C23H39FO4Si/c1-5-6-9-12-18(25)15-16-20-19(13-10-7-8-11-14-23(26)27)21(24)17-22(20)28-29(2,3)4/h7,10,15-16,19-22H,5-6,8-9,11-14,17H2,1-4H3,(H,26,27)/b10-7-,16-15+/t19-,20-,21-,22+/m1/s1. The zero-order valence-corrected chi connectivity index (χ0v) is 19.5. The minimum absolute atomic E-state index is 0.101. The quantitative estimate of drug-likeness (QED) is 0.158. The van der Waals surface area contributed by atoms with Crippen LogP contribution in [0.5, 0.6) is 0 Å². The summed E-state index contributed by atoms with van der Waals surface area (Å²) in [6.07, 6.45) is 12.2. The van der Waals surface area contributed by atoms with Crippen molar-refractivity contribution in [2.75, 3.05) is 0 Å². The summed E-state index contributed by atoms with van der Waals surface area (Å²) in [5, 5.41) is 8.69. The van der Waals surface area contributed by atoms with Gasteiger partial charge in [0.1, 0.15) is 6.17 Å². The molecule has 1 rings (SSSR count). The van der Waals surface area contributed by atoms with Crippen LogP contribution in [0, 0.1) is 11.8 Å². The van der Waals surface area contributed by atoms with Gasteiger partial charge < -0.3 is 9.53 Å². The number of hydrogen-bond acceptors (Lipinski definition) is 3. The van der Waals surface area contributed by atoms with Crippen molar-refractivity contribution >= 4 is 20.1 Å². The number of hydrogen-bond donors (Lipinski definition) is 1. The fourth-order valence-corrected chi connectivity index (χ4v) is 4.98. The number of alkyl halides is 1. The van der Waals surface area contributed by atoms with E-state index in [1.807, 2.05) is 18.2 Å². The van der Waals surface area contributed by atoms with Crippen LogP contribution in [-0.2, 0) is 14.0 Å². The highest BCUT2D eigenvalue weighted by Gasteiger charge is 2.43. The first-order valence-corrected chi connectivity index (χ1v) is 14.4. The lowest BCUT2D eigenvalue weighted by atomic mass is 9.90. The molecule has 0 spiro atoms. The molecule has 1 aliphatic carbocycles. The minimum Gasteiger partial charge on any atom is -0.481 e. The Hall–Kier alpha value is -1.27. The number of carboxylic acids is 1. The number of carbonyl (C=O) groups excluding carboxylic acids is 1. The van der Waals surface area contributed by atoms with Gasteiger partial charge in [0.2, 0.25) is 0 Å². The van der Waals surface area contributed by atoms with E-state index in [1.54, 1.807) is 6.08 Å². The highest BCUT2D eigenvalue weighted by Crippen LogP contribution is 2.41. The Kier molecular flexibility index (Phi) is 11.7. The van der Waals surface area contributed by atoms with Gasteiger partial charge in [-0.15, -0.1) is 0 Å². The maximum atomic E-state index is 14.8. The van der Waals surface area contributed by atoms with E-state index >= 15 is 0 Å². The number of rotatable bonds is 14. The van der Waals surface area contributed by atoms with Crippen LogP contribution in [0.1, 0.15) is 64.7 Å². The average molecular weight is 427 g/mol. The van der Waals surface area contributed by atoms with Gasteiger partial charge in [0, 0.05) is 31.1 Å². The minimum atomic E-state index is -1.82. The van der Waals surface area contributed by atoms with Gasteiger partial charge in [0.05, 0.1) is 6.10 Å². The third-order valence-electron chi connectivity index (χ3n) is 5.22. The third kappa shape index (κ3) is 10.9. The summed E-state index contributed by atoms with van der Waals surface area (Å²) in [7, 11) is -1.82. The number of halogens is 1. The van der Waals surface area contributed by atoms with E-state index in [1.165, 1.54) is 0 Å². The van der Waals surface area contributed by atoms with Crippen LogP contribution >= 0.6 is 0 Å². The summed E-state index contributed by atoms with van der Waals surface area (Å²) in [4.78, 5) is 22.7. The molecule has 0 aromatic carbocycles. The van der Waals surface area contributed by atoms with E-state index in [0.717, 1.165) is 19.3 Å². The fourth-order valence-electron chi connectivity index (χ4n) is 3.82. The predicted molar refractivity (Wildman–Crippen MR) is 118 cm³/mol. The van der Waals surface area contributed by atoms with E-state index in [2.05, 4.69) is 26.6 Å². The number of carbonyl (C=O) groups is 2. The average Bonchev–Trinajstić information content (AvgIpc) is 2.89. The van der Waals surface area contributed by atoms with Crippen LogP contribution in [0.25, 0.3) is 0 Å². The van der Waals surface area contributed by atoms with Crippen molar-refractivity contribution in [3.05, 3.63) is 24.3 Å². The molecule has 0 aromatic rings. The Balaban J connectivity index is 2.75. The van der Waals surface area contributed by atoms with Crippen LogP contribution in [0.4, 0.5) is 4.39 Å². The van der Waals surface area contributed by atoms with Crippen molar-refractivity contribution in [2.24, 2.45) is 11.8 Å². The Bertz CT molecular complexity index is 568. The first-order chi connectivity index (χ1) is 13.6. The summed E-state index contributed by atoms with van der Waals surface area (Å²) in [6.45, 7) is 8.42. The summed E-state index contributed by atoms with van der Waals surface area (Å²) in [5.41, 5.74) is 0. The zero-order valence-electron chi connectivity index (χ0n) is 18.5. The van der Waals surface area contributed by atoms with Gasteiger partial charge in [-0.3, -0.25) is 9.59 Å². The van der Waals surface area contributed by atoms with Crippen molar-refractivity contribution < 1.29 is 23.5 Å². The molecular weight excluding hydrogens is 387 g/mol. The lowest BCUT2D eigenvalue weighted by Gasteiger charge is -2.28. The van der Waals surface area contributed by atoms with Gasteiger partial charge >= 0.3 is 5.97 Å². The smallest absolute Gasteiger partial charge is 0.303 e. The normalized spacial score (nSPS) is 25.3. The van der Waals surface area contributed by atoms with Crippen molar-refractivity contribution in [3.8, 4) is 0 Å². The number of allylic oxidation sites excluding steroid dienone is 3. The second kappa shape index (κ2) is 13.1. The van der Waals surface area contributed by atoms with Gasteiger partial charge in [-0.2, -0.15) is 0 Å². The van der Waals surface area contributed by atoms with E-state index in [-0.39, 0.29) is 30.1 Å². The Morgan fingerprint density at radius 1 is 1.14 bits per heavy atom. The maximum Gasteiger partial charge on any atom is 0.303 e. The molecule has 1 aliphatic rings. The largest absolute Gasteiger partial charge is 0.481 e. The molecule has 0 radical (unpaired) electrons. The Morgan fingerprint density at radius 3 is 2.48 bits per heavy atom. The van der Waals surface area contributed by atoms with E-state index in [0.29, 0.717) is 32.1 Å². The lowest BCUT2D eigenvalue weighted by molar-refractivity contribution is -0.137. The SMILES string of the molecule is CCCCCC(=O)/C=C/[C@@H]1[C@@H](C/C=C\CCCC(=O)O)[C@H](F)C[C@@H]1O[Si](C)(C)C. The molecule has 1 saturated carbocycles. The van der Waals surface area contributed by atoms with Crippen LogP contribution in [0.15, 0.2) is 24.3 Å². The lowest BCUT2D eigenvalue weighted by Crippen LogP contribution is -2.34. The number of ketones is 1. The molecule has 29 heavy (non-hydrogen) atoms. The van der Waals surface area contributed by atoms with Gasteiger partial charge in [0.25, 0.3) is 0 Å². The molecule has 0 bridgehead atoms. The van der Waals surface area contributed by atoms with Crippen LogP contribution in [0.3, 0.4) is 0 Å². The summed E-state index contributed by atoms with van der Waals surface area (Å²) in [6, 6.07) is 0. The first kappa shape index (κ1) is 25.8. The maximum absolute atomic E-state index is 14.8. The van der Waals surface area contributed by atoms with Crippen molar-refractivity contribution in [2.45, 2.75) is 96.6 Å². The molecule has 0 aromatic heterocycles. The third-order valence-corrected chi connectivity index (χ3v) is 6.23. The molecule has 6 heteroatoms. The molecule has 4 atom stereocenters. The molecular formula is C23H39FO4Si.